The highest BCUT2D eigenvalue weighted by molar-refractivity contribution is 6.02. The van der Waals surface area contributed by atoms with Gasteiger partial charge in [-0.1, -0.05) is 11.8 Å². The zero-order valence-electron chi connectivity index (χ0n) is 24.7. The fourth-order valence-electron chi connectivity index (χ4n) is 4.69. The maximum Gasteiger partial charge on any atom is 0.351 e. The zero-order valence-corrected chi connectivity index (χ0v) is 24.7. The maximum atomic E-state index is 15.2. The predicted octanol–water partition coefficient (Wildman–Crippen LogP) is 2.27. The standard InChI is InChI=1S/C31H30F2N8O4/c1-31(2,40-16-14-35-15-17-40)12-10-22-24(11-13-36-27(22)34)45-25-9-6-20(18-23(25)33)37-28(42)26-29(43)41(30(44)39(3)38-26)21-7-4-19(32)5-8-21/h4-9,11,13,18,35H,14-17H2,1-3H3,(H2,34,36)(H,37,42). The third-order valence-corrected chi connectivity index (χ3v) is 7.18. The van der Waals surface area contributed by atoms with Crippen molar-refractivity contribution in [2.45, 2.75) is 19.4 Å². The van der Waals surface area contributed by atoms with Gasteiger partial charge in [-0.15, -0.1) is 0 Å². The van der Waals surface area contributed by atoms with E-state index in [1.54, 1.807) is 0 Å². The average molecular weight is 617 g/mol. The summed E-state index contributed by atoms with van der Waals surface area (Å²) < 4.78 is 35.9. The molecule has 14 heteroatoms. The van der Waals surface area contributed by atoms with Gasteiger partial charge in [-0.3, -0.25) is 14.5 Å². The van der Waals surface area contributed by atoms with Gasteiger partial charge in [-0.2, -0.15) is 5.10 Å². The zero-order chi connectivity index (χ0) is 32.3. The second kappa shape index (κ2) is 12.7. The lowest BCUT2D eigenvalue weighted by atomic mass is 10.0. The van der Waals surface area contributed by atoms with Gasteiger partial charge < -0.3 is 21.1 Å². The Balaban J connectivity index is 1.37. The second-order valence-corrected chi connectivity index (χ2v) is 10.7. The van der Waals surface area contributed by atoms with Crippen LogP contribution in [0.1, 0.15) is 29.9 Å². The number of nitrogens with one attached hydrogen (secondary N) is 2. The van der Waals surface area contributed by atoms with Crippen LogP contribution in [0, 0.1) is 23.5 Å². The van der Waals surface area contributed by atoms with Crippen molar-refractivity contribution in [3.63, 3.8) is 0 Å². The van der Waals surface area contributed by atoms with E-state index in [4.69, 9.17) is 10.5 Å². The Morgan fingerprint density at radius 1 is 1.07 bits per heavy atom. The number of rotatable bonds is 6. The number of piperazine rings is 1. The summed E-state index contributed by atoms with van der Waals surface area (Å²) in [6, 6.07) is 9.73. The van der Waals surface area contributed by atoms with E-state index >= 15 is 4.39 Å². The molecule has 0 aliphatic carbocycles. The van der Waals surface area contributed by atoms with E-state index in [0.717, 1.165) is 49.1 Å². The molecule has 0 unspecified atom stereocenters. The fraction of sp³-hybridized carbons (Fsp3) is 0.258. The van der Waals surface area contributed by atoms with Crippen LogP contribution >= 0.6 is 0 Å². The Hall–Kier alpha value is -5.39. The van der Waals surface area contributed by atoms with Gasteiger partial charge >= 0.3 is 5.69 Å². The Morgan fingerprint density at radius 2 is 1.78 bits per heavy atom. The number of hydrogen-bond acceptors (Lipinski definition) is 9. The molecule has 1 amide bonds. The fourth-order valence-corrected chi connectivity index (χ4v) is 4.69. The third-order valence-electron chi connectivity index (χ3n) is 7.18. The lowest BCUT2D eigenvalue weighted by molar-refractivity contribution is 0.101. The Bertz CT molecular complexity index is 1940. The molecular formula is C31H30F2N8O4. The molecular weight excluding hydrogens is 586 g/mol. The summed E-state index contributed by atoms with van der Waals surface area (Å²) in [5, 5.41) is 9.50. The van der Waals surface area contributed by atoms with Gasteiger partial charge in [-0.25, -0.2) is 27.8 Å². The van der Waals surface area contributed by atoms with Crippen LogP contribution in [0.15, 0.2) is 64.3 Å². The van der Waals surface area contributed by atoms with Crippen molar-refractivity contribution in [1.29, 1.82) is 0 Å². The summed E-state index contributed by atoms with van der Waals surface area (Å²) in [6.07, 6.45) is 1.42. The quantitative estimate of drug-likeness (QED) is 0.277. The first-order valence-corrected chi connectivity index (χ1v) is 13.9. The molecule has 5 rings (SSSR count). The molecule has 0 radical (unpaired) electrons. The smallest absolute Gasteiger partial charge is 0.351 e. The summed E-state index contributed by atoms with van der Waals surface area (Å²) in [6.45, 7) is 7.41. The largest absolute Gasteiger partial charge is 0.453 e. The molecule has 0 bridgehead atoms. The van der Waals surface area contributed by atoms with Crippen molar-refractivity contribution >= 4 is 17.4 Å². The molecule has 12 nitrogen and oxygen atoms in total. The normalized spacial score (nSPS) is 13.5. The lowest BCUT2D eigenvalue weighted by Crippen LogP contribution is -2.52. The number of hydrogen-bond donors (Lipinski definition) is 3. The number of aromatic nitrogens is 4. The minimum atomic E-state index is -1.04. The first-order valence-electron chi connectivity index (χ1n) is 13.9. The molecule has 1 saturated heterocycles. The van der Waals surface area contributed by atoms with E-state index in [-0.39, 0.29) is 28.7 Å². The van der Waals surface area contributed by atoms with Crippen LogP contribution in [0.3, 0.4) is 0 Å². The molecule has 0 saturated carbocycles. The van der Waals surface area contributed by atoms with E-state index in [1.807, 2.05) is 13.8 Å². The first kappa shape index (κ1) is 31.0. The Morgan fingerprint density at radius 3 is 2.47 bits per heavy atom. The van der Waals surface area contributed by atoms with Gasteiger partial charge in [0.15, 0.2) is 11.6 Å². The number of benzene rings is 2. The highest BCUT2D eigenvalue weighted by Gasteiger charge is 2.26. The highest BCUT2D eigenvalue weighted by atomic mass is 19.1. The summed E-state index contributed by atoms with van der Waals surface area (Å²) >= 11 is 0. The number of nitrogens with two attached hydrogens (primary N) is 1. The molecule has 232 valence electrons. The van der Waals surface area contributed by atoms with Crippen LogP contribution < -0.4 is 32.4 Å². The summed E-state index contributed by atoms with van der Waals surface area (Å²) in [4.78, 5) is 45.0. The van der Waals surface area contributed by atoms with Crippen LogP contribution in [0.25, 0.3) is 5.69 Å². The SMILES string of the molecule is Cn1nc(C(=O)Nc2ccc(Oc3ccnc(N)c3C#CC(C)(C)N3CCNCC3)c(F)c2)c(=O)n(-c2ccc(F)cc2)c1=O. The van der Waals surface area contributed by atoms with E-state index < -0.39 is 40.0 Å². The number of ether oxygens (including phenoxy) is 1. The minimum absolute atomic E-state index is 0.0136. The molecule has 1 fully saturated rings. The summed E-state index contributed by atoms with van der Waals surface area (Å²) in [7, 11) is 1.25. The van der Waals surface area contributed by atoms with Crippen molar-refractivity contribution in [2.75, 3.05) is 37.2 Å². The molecule has 1 aliphatic heterocycles. The Labute approximate surface area is 256 Å². The van der Waals surface area contributed by atoms with Gasteiger partial charge in [0, 0.05) is 57.2 Å². The summed E-state index contributed by atoms with van der Waals surface area (Å²) in [5.41, 5.74) is 3.46. The van der Waals surface area contributed by atoms with Crippen molar-refractivity contribution in [3.05, 3.63) is 98.5 Å². The van der Waals surface area contributed by atoms with Crippen molar-refractivity contribution in [3.8, 4) is 29.0 Å². The third kappa shape index (κ3) is 6.74. The number of halogens is 2. The van der Waals surface area contributed by atoms with Crippen molar-refractivity contribution in [1.82, 2.24) is 29.5 Å². The molecule has 2 aromatic carbocycles. The van der Waals surface area contributed by atoms with Crippen LogP contribution in [-0.4, -0.2) is 61.9 Å². The van der Waals surface area contributed by atoms with Gasteiger partial charge in [-0.05, 0) is 50.2 Å². The molecule has 0 atom stereocenters. The number of pyridine rings is 1. The average Bonchev–Trinajstić information content (AvgIpc) is 3.01. The second-order valence-electron chi connectivity index (χ2n) is 10.7. The number of carbonyl (C=O) groups is 1. The molecule has 1 aliphatic rings. The van der Waals surface area contributed by atoms with Crippen LogP contribution in [0.4, 0.5) is 20.3 Å². The Kier molecular flexibility index (Phi) is 8.75. The number of carbonyl (C=O) groups excluding carboxylic acids is 1. The minimum Gasteiger partial charge on any atom is -0.453 e. The number of amides is 1. The van der Waals surface area contributed by atoms with Crippen LogP contribution in [-0.2, 0) is 7.05 Å². The van der Waals surface area contributed by atoms with Crippen LogP contribution in [0.2, 0.25) is 0 Å². The number of anilines is 2. The molecule has 3 heterocycles. The topological polar surface area (TPSA) is 149 Å². The van der Waals surface area contributed by atoms with E-state index in [9.17, 15) is 18.8 Å². The predicted molar refractivity (Wildman–Crippen MR) is 164 cm³/mol. The van der Waals surface area contributed by atoms with Gasteiger partial charge in [0.1, 0.15) is 22.9 Å². The van der Waals surface area contributed by atoms with Crippen molar-refractivity contribution in [2.24, 2.45) is 7.05 Å². The summed E-state index contributed by atoms with van der Waals surface area (Å²) in [5.74, 6) is 4.03. The highest BCUT2D eigenvalue weighted by Crippen LogP contribution is 2.31. The van der Waals surface area contributed by atoms with E-state index in [0.29, 0.717) is 10.1 Å². The van der Waals surface area contributed by atoms with E-state index in [1.165, 1.54) is 43.6 Å². The van der Waals surface area contributed by atoms with Crippen molar-refractivity contribution < 1.29 is 18.3 Å². The molecule has 0 spiro atoms. The molecule has 45 heavy (non-hydrogen) atoms. The van der Waals surface area contributed by atoms with Gasteiger partial charge in [0.25, 0.3) is 11.5 Å². The lowest BCUT2D eigenvalue weighted by Gasteiger charge is -2.37. The van der Waals surface area contributed by atoms with Crippen LogP contribution in [0.5, 0.6) is 11.5 Å². The molecule has 4 N–H and O–H groups in total. The molecule has 2 aromatic heterocycles. The number of nitrogens with zero attached hydrogens (tertiary/aromatic N) is 5. The van der Waals surface area contributed by atoms with Gasteiger partial charge in [0.05, 0.1) is 11.2 Å². The first-order chi connectivity index (χ1) is 21.4. The van der Waals surface area contributed by atoms with Gasteiger partial charge in [0.2, 0.25) is 5.69 Å². The molecule has 4 aromatic rings. The maximum absolute atomic E-state index is 15.2. The monoisotopic (exact) mass is 616 g/mol. The van der Waals surface area contributed by atoms with E-state index in [2.05, 4.69) is 37.5 Å². The number of aryl methyl sites for hydroxylation is 1. The number of nitrogen functional groups attached to an aromatic ring is 1.